The van der Waals surface area contributed by atoms with Crippen molar-refractivity contribution in [2.24, 2.45) is 5.73 Å². The maximum atomic E-state index is 6.19. The largest absolute Gasteiger partial charge is 0.456 e. The fourth-order valence-electron chi connectivity index (χ4n) is 3.01. The quantitative estimate of drug-likeness (QED) is 0.518. The highest BCUT2D eigenvalue weighted by Crippen LogP contribution is 2.49. The van der Waals surface area contributed by atoms with E-state index in [9.17, 15) is 0 Å². The van der Waals surface area contributed by atoms with Crippen molar-refractivity contribution in [3.05, 3.63) is 58.8 Å². The van der Waals surface area contributed by atoms with E-state index in [2.05, 4.69) is 29.6 Å². The zero-order chi connectivity index (χ0) is 16.4. The third-order valence-electron chi connectivity index (χ3n) is 4.15. The Balaban J connectivity index is 1.81. The highest BCUT2D eigenvalue weighted by atomic mass is 32.1. The summed E-state index contributed by atoms with van der Waals surface area (Å²) in [7, 11) is 0. The summed E-state index contributed by atoms with van der Waals surface area (Å²) in [5.41, 5.74) is 10.3. The van der Waals surface area contributed by atoms with E-state index in [1.165, 1.54) is 16.0 Å². The Labute approximate surface area is 145 Å². The van der Waals surface area contributed by atoms with Crippen molar-refractivity contribution in [3.63, 3.8) is 0 Å². The fourth-order valence-corrected chi connectivity index (χ4v) is 4.00. The number of rotatable bonds is 5. The molecule has 24 heavy (non-hydrogen) atoms. The Kier molecular flexibility index (Phi) is 4.34. The summed E-state index contributed by atoms with van der Waals surface area (Å²) < 4.78 is 12.0. The van der Waals surface area contributed by atoms with E-state index < -0.39 is 0 Å². The van der Waals surface area contributed by atoms with Crippen LogP contribution in [-0.4, -0.2) is 13.2 Å². The van der Waals surface area contributed by atoms with Gasteiger partial charge < -0.3 is 15.2 Å². The first-order valence-corrected chi connectivity index (χ1v) is 9.01. The van der Waals surface area contributed by atoms with E-state index in [0.717, 1.165) is 29.0 Å². The molecule has 2 heterocycles. The average molecular weight is 337 g/mol. The van der Waals surface area contributed by atoms with E-state index in [0.29, 0.717) is 19.8 Å². The van der Waals surface area contributed by atoms with Crippen LogP contribution in [0.25, 0.3) is 22.3 Å². The number of thiophene rings is 1. The van der Waals surface area contributed by atoms with Crippen molar-refractivity contribution in [2.45, 2.75) is 13.0 Å². The summed E-state index contributed by atoms with van der Waals surface area (Å²) in [6.07, 6.45) is 0.885. The first kappa shape index (κ1) is 15.4. The molecule has 1 aliphatic heterocycles. The molecule has 2 aromatic carbocycles. The number of ether oxygens (including phenoxy) is 2. The van der Waals surface area contributed by atoms with Crippen molar-refractivity contribution in [1.82, 2.24) is 0 Å². The molecule has 0 spiro atoms. The van der Waals surface area contributed by atoms with Crippen LogP contribution in [0.3, 0.4) is 0 Å². The topological polar surface area (TPSA) is 44.5 Å². The van der Waals surface area contributed by atoms with Crippen LogP contribution in [0.4, 0.5) is 0 Å². The lowest BCUT2D eigenvalue weighted by Crippen LogP contribution is -2.04. The van der Waals surface area contributed by atoms with Gasteiger partial charge in [-0.1, -0.05) is 36.4 Å². The zero-order valence-corrected chi connectivity index (χ0v) is 14.1. The van der Waals surface area contributed by atoms with Crippen LogP contribution in [0.2, 0.25) is 0 Å². The van der Waals surface area contributed by atoms with Crippen molar-refractivity contribution < 1.29 is 9.47 Å². The average Bonchev–Trinajstić information content (AvgIpc) is 2.97. The molecule has 0 fully saturated rings. The van der Waals surface area contributed by atoms with Crippen LogP contribution < -0.4 is 10.5 Å². The summed E-state index contributed by atoms with van der Waals surface area (Å²) in [5.74, 6) is 1.79. The minimum atomic E-state index is 0.608. The zero-order valence-electron chi connectivity index (χ0n) is 13.3. The normalized spacial score (nSPS) is 11.9. The van der Waals surface area contributed by atoms with Gasteiger partial charge in [0.1, 0.15) is 11.5 Å². The van der Waals surface area contributed by atoms with Crippen LogP contribution in [0, 0.1) is 0 Å². The number of nitrogens with two attached hydrogens (primary N) is 1. The van der Waals surface area contributed by atoms with E-state index in [1.807, 2.05) is 24.3 Å². The molecule has 4 heteroatoms. The number of para-hydroxylation sites is 2. The van der Waals surface area contributed by atoms with E-state index in [4.69, 9.17) is 15.2 Å². The summed E-state index contributed by atoms with van der Waals surface area (Å²) in [6.45, 7) is 1.96. The molecule has 1 aliphatic rings. The van der Waals surface area contributed by atoms with Gasteiger partial charge in [0, 0.05) is 33.7 Å². The second-order valence-electron chi connectivity index (χ2n) is 5.74. The van der Waals surface area contributed by atoms with Crippen molar-refractivity contribution >= 4 is 11.3 Å². The van der Waals surface area contributed by atoms with Gasteiger partial charge in [-0.2, -0.15) is 0 Å². The first-order chi connectivity index (χ1) is 11.9. The third-order valence-corrected chi connectivity index (χ3v) is 5.11. The summed E-state index contributed by atoms with van der Waals surface area (Å²) in [4.78, 5) is 1.23. The van der Waals surface area contributed by atoms with Gasteiger partial charge in [-0.15, -0.1) is 11.3 Å². The highest BCUT2D eigenvalue weighted by molar-refractivity contribution is 7.11. The molecule has 0 saturated carbocycles. The lowest BCUT2D eigenvalue weighted by Gasteiger charge is -2.09. The Bertz CT molecular complexity index is 856. The molecule has 1 aromatic heterocycles. The number of hydrogen-bond donors (Lipinski definition) is 1. The predicted molar refractivity (Wildman–Crippen MR) is 98.6 cm³/mol. The molecule has 0 atom stereocenters. The fraction of sp³-hybridized carbons (Fsp3) is 0.200. The van der Waals surface area contributed by atoms with Crippen LogP contribution in [0.5, 0.6) is 11.5 Å². The highest BCUT2D eigenvalue weighted by Gasteiger charge is 2.24. The SMILES string of the molecule is NCCCOCc1scc2c1-c1ccccc1Oc1ccccc1-2. The van der Waals surface area contributed by atoms with Gasteiger partial charge in [-0.3, -0.25) is 0 Å². The van der Waals surface area contributed by atoms with Gasteiger partial charge >= 0.3 is 0 Å². The number of fused-ring (bicyclic) bond motifs is 5. The maximum Gasteiger partial charge on any atom is 0.135 e. The van der Waals surface area contributed by atoms with Gasteiger partial charge in [0.15, 0.2) is 0 Å². The molecule has 3 nitrogen and oxygen atoms in total. The molecule has 2 N–H and O–H groups in total. The Morgan fingerprint density at radius 3 is 2.42 bits per heavy atom. The van der Waals surface area contributed by atoms with Crippen LogP contribution in [-0.2, 0) is 11.3 Å². The van der Waals surface area contributed by atoms with Crippen LogP contribution >= 0.6 is 11.3 Å². The minimum Gasteiger partial charge on any atom is -0.456 e. The smallest absolute Gasteiger partial charge is 0.135 e. The maximum absolute atomic E-state index is 6.19. The second kappa shape index (κ2) is 6.77. The lowest BCUT2D eigenvalue weighted by atomic mass is 9.97. The van der Waals surface area contributed by atoms with Crippen molar-refractivity contribution in [1.29, 1.82) is 0 Å². The summed E-state index contributed by atoms with van der Waals surface area (Å²) >= 11 is 1.75. The van der Waals surface area contributed by atoms with Gasteiger partial charge in [-0.05, 0) is 30.5 Å². The Morgan fingerprint density at radius 2 is 1.62 bits per heavy atom. The molecular weight excluding hydrogens is 318 g/mol. The summed E-state index contributed by atoms with van der Waals surface area (Å²) in [5, 5.41) is 2.21. The number of benzene rings is 2. The minimum absolute atomic E-state index is 0.608. The van der Waals surface area contributed by atoms with Crippen LogP contribution in [0.1, 0.15) is 11.3 Å². The number of hydrogen-bond acceptors (Lipinski definition) is 4. The molecule has 0 aliphatic carbocycles. The predicted octanol–water partition coefficient (Wildman–Crippen LogP) is 5.05. The van der Waals surface area contributed by atoms with Gasteiger partial charge in [0.2, 0.25) is 0 Å². The van der Waals surface area contributed by atoms with Crippen molar-refractivity contribution in [2.75, 3.05) is 13.2 Å². The molecule has 0 bridgehead atoms. The van der Waals surface area contributed by atoms with Gasteiger partial charge in [0.05, 0.1) is 6.61 Å². The molecule has 122 valence electrons. The molecule has 0 radical (unpaired) electrons. The van der Waals surface area contributed by atoms with Crippen molar-refractivity contribution in [3.8, 4) is 33.8 Å². The van der Waals surface area contributed by atoms with E-state index in [-0.39, 0.29) is 0 Å². The Hall–Kier alpha value is -2.14. The molecule has 0 unspecified atom stereocenters. The monoisotopic (exact) mass is 337 g/mol. The lowest BCUT2D eigenvalue weighted by molar-refractivity contribution is 0.122. The van der Waals surface area contributed by atoms with E-state index in [1.54, 1.807) is 11.3 Å². The molecule has 4 rings (SSSR count). The van der Waals surface area contributed by atoms with Gasteiger partial charge in [0.25, 0.3) is 0 Å². The van der Waals surface area contributed by atoms with Crippen LogP contribution in [0.15, 0.2) is 53.9 Å². The molecular formula is C20H19NO2S. The van der Waals surface area contributed by atoms with Gasteiger partial charge in [-0.25, -0.2) is 0 Å². The Morgan fingerprint density at radius 1 is 0.917 bits per heavy atom. The standard InChI is InChI=1S/C20H19NO2S/c21-10-5-11-22-12-19-20-15-7-2-4-9-18(15)23-17-8-3-1-6-14(17)16(20)13-24-19/h1-4,6-9,13H,5,10-12,21H2. The third kappa shape index (κ3) is 2.73. The summed E-state index contributed by atoms with van der Waals surface area (Å²) in [6, 6.07) is 16.4. The molecule has 3 aromatic rings. The molecule has 0 amide bonds. The second-order valence-corrected chi connectivity index (χ2v) is 6.70. The first-order valence-electron chi connectivity index (χ1n) is 8.13. The molecule has 0 saturated heterocycles. The van der Waals surface area contributed by atoms with E-state index >= 15 is 0 Å².